The Bertz CT molecular complexity index is 1100. The van der Waals surface area contributed by atoms with Crippen LogP contribution in [0.2, 0.25) is 5.02 Å². The van der Waals surface area contributed by atoms with Crippen LogP contribution in [0.4, 0.5) is 0 Å². The minimum absolute atomic E-state index is 0.765. The first-order chi connectivity index (χ1) is 12.0. The molecule has 2 aromatic heterocycles. The average Bonchev–Trinajstić information content (AvgIpc) is 2.96. The third-order valence-electron chi connectivity index (χ3n) is 4.41. The zero-order valence-electron chi connectivity index (χ0n) is 14.4. The minimum atomic E-state index is 0.765. The second-order valence-electron chi connectivity index (χ2n) is 6.36. The number of rotatable bonds is 3. The molecule has 2 aromatic carbocycles. The molecule has 5 heteroatoms. The zero-order valence-corrected chi connectivity index (χ0v) is 15.9. The van der Waals surface area contributed by atoms with Crippen molar-refractivity contribution in [2.24, 2.45) is 0 Å². The first kappa shape index (κ1) is 16.4. The van der Waals surface area contributed by atoms with Gasteiger partial charge in [-0.2, -0.15) is 0 Å². The van der Waals surface area contributed by atoms with E-state index in [0.717, 1.165) is 27.1 Å². The number of halogens is 1. The molecule has 0 bridgehead atoms. The Hall–Kier alpha value is -2.04. The van der Waals surface area contributed by atoms with Gasteiger partial charge >= 0.3 is 0 Å². The first-order valence-corrected chi connectivity index (χ1v) is 9.53. The van der Waals surface area contributed by atoms with E-state index in [1.54, 1.807) is 11.8 Å². The van der Waals surface area contributed by atoms with Crippen LogP contribution in [0, 0.1) is 20.8 Å². The van der Waals surface area contributed by atoms with Gasteiger partial charge in [0.1, 0.15) is 0 Å². The topological polar surface area (TPSA) is 30.2 Å². The lowest BCUT2D eigenvalue weighted by Gasteiger charge is -2.11. The van der Waals surface area contributed by atoms with E-state index in [4.69, 9.17) is 11.6 Å². The molecule has 2 heterocycles. The molecule has 0 aliphatic rings. The Labute approximate surface area is 156 Å². The van der Waals surface area contributed by atoms with E-state index in [-0.39, 0.29) is 0 Å². The van der Waals surface area contributed by atoms with Crippen molar-refractivity contribution in [2.75, 3.05) is 0 Å². The van der Waals surface area contributed by atoms with Gasteiger partial charge in [0.2, 0.25) is 0 Å². The third-order valence-corrected chi connectivity index (χ3v) is 5.76. The normalized spacial score (nSPS) is 11.5. The Kier molecular flexibility index (Phi) is 4.18. The molecule has 4 rings (SSSR count). The molecule has 3 nitrogen and oxygen atoms in total. The first-order valence-electron chi connectivity index (χ1n) is 8.16. The molecule has 0 unspecified atom stereocenters. The number of hydrogen-bond acceptors (Lipinski definition) is 3. The Balaban J connectivity index is 1.85. The van der Waals surface area contributed by atoms with Gasteiger partial charge in [-0.05, 0) is 55.7 Å². The Morgan fingerprint density at radius 1 is 1.00 bits per heavy atom. The molecule has 0 aliphatic heterocycles. The molecule has 0 saturated carbocycles. The largest absolute Gasteiger partial charge is 0.270 e. The number of nitrogens with zero attached hydrogens (tertiary/aromatic N) is 3. The van der Waals surface area contributed by atoms with Gasteiger partial charge < -0.3 is 0 Å². The summed E-state index contributed by atoms with van der Waals surface area (Å²) in [5.41, 5.74) is 6.92. The molecule has 0 atom stereocenters. The summed E-state index contributed by atoms with van der Waals surface area (Å²) in [7, 11) is 0. The summed E-state index contributed by atoms with van der Waals surface area (Å²) >= 11 is 7.95. The minimum Gasteiger partial charge on any atom is -0.270 e. The molecule has 4 aromatic rings. The van der Waals surface area contributed by atoms with Gasteiger partial charge in [0, 0.05) is 16.2 Å². The molecule has 0 fully saturated rings. The van der Waals surface area contributed by atoms with Crippen LogP contribution in [-0.4, -0.2) is 14.6 Å². The van der Waals surface area contributed by atoms with Gasteiger partial charge in [-0.1, -0.05) is 53.2 Å². The van der Waals surface area contributed by atoms with Crippen molar-refractivity contribution in [2.45, 2.75) is 31.7 Å². The molecule has 0 N–H and O–H groups in total. The summed E-state index contributed by atoms with van der Waals surface area (Å²) in [4.78, 5) is 0. The maximum Gasteiger partial charge on any atom is 0.196 e. The highest BCUT2D eigenvalue weighted by Gasteiger charge is 2.14. The summed E-state index contributed by atoms with van der Waals surface area (Å²) in [6.07, 6.45) is 0. The van der Waals surface area contributed by atoms with Crippen LogP contribution in [-0.2, 0) is 5.75 Å². The van der Waals surface area contributed by atoms with Crippen LogP contribution in [0.25, 0.3) is 16.6 Å². The van der Waals surface area contributed by atoms with Crippen molar-refractivity contribution in [3.8, 4) is 0 Å². The highest BCUT2D eigenvalue weighted by Crippen LogP contribution is 2.31. The van der Waals surface area contributed by atoms with E-state index in [0.29, 0.717) is 0 Å². The van der Waals surface area contributed by atoms with Crippen molar-refractivity contribution in [3.63, 3.8) is 0 Å². The van der Waals surface area contributed by atoms with Gasteiger partial charge in [0.05, 0.1) is 5.52 Å². The van der Waals surface area contributed by atoms with Crippen LogP contribution in [0.5, 0.6) is 0 Å². The third kappa shape index (κ3) is 2.90. The predicted octanol–water partition coefficient (Wildman–Crippen LogP) is 5.75. The van der Waals surface area contributed by atoms with Crippen LogP contribution >= 0.6 is 23.4 Å². The number of thioether (sulfide) groups is 1. The van der Waals surface area contributed by atoms with Crippen LogP contribution in [0.1, 0.15) is 22.3 Å². The van der Waals surface area contributed by atoms with E-state index in [2.05, 4.69) is 59.6 Å². The molecular formula is C20H18ClN3S. The standard InChI is InChI=1S/C20H18ClN3S/c1-12-8-14(3)19-16(9-12)13(2)10-18-22-23-20(24(18)19)25-11-15-6-4-5-7-17(15)21/h4-10H,11H2,1-3H3. The second-order valence-corrected chi connectivity index (χ2v) is 7.71. The number of aryl methyl sites for hydroxylation is 3. The van der Waals surface area contributed by atoms with Gasteiger partial charge in [-0.3, -0.25) is 4.40 Å². The van der Waals surface area contributed by atoms with Gasteiger partial charge in [-0.25, -0.2) is 0 Å². The lowest BCUT2D eigenvalue weighted by molar-refractivity contribution is 0.937. The summed E-state index contributed by atoms with van der Waals surface area (Å²) in [6.45, 7) is 6.42. The lowest BCUT2D eigenvalue weighted by Crippen LogP contribution is -1.97. The van der Waals surface area contributed by atoms with E-state index in [9.17, 15) is 0 Å². The van der Waals surface area contributed by atoms with Crippen molar-refractivity contribution < 1.29 is 0 Å². The molecule has 126 valence electrons. The molecular weight excluding hydrogens is 350 g/mol. The Morgan fingerprint density at radius 3 is 2.60 bits per heavy atom. The molecule has 25 heavy (non-hydrogen) atoms. The lowest BCUT2D eigenvalue weighted by atomic mass is 10.0. The molecule has 0 radical (unpaired) electrons. The van der Waals surface area contributed by atoms with Crippen LogP contribution in [0.15, 0.2) is 47.6 Å². The van der Waals surface area contributed by atoms with E-state index < -0.39 is 0 Å². The molecule has 0 spiro atoms. The van der Waals surface area contributed by atoms with E-state index >= 15 is 0 Å². The van der Waals surface area contributed by atoms with Gasteiger partial charge in [-0.15, -0.1) is 10.2 Å². The van der Waals surface area contributed by atoms with Crippen molar-refractivity contribution in [1.29, 1.82) is 0 Å². The number of benzene rings is 2. The SMILES string of the molecule is Cc1cc(C)c2c(c1)c(C)cc1nnc(SCc3ccccc3Cl)n12. The van der Waals surface area contributed by atoms with E-state index in [1.165, 1.54) is 27.6 Å². The predicted molar refractivity (Wildman–Crippen MR) is 106 cm³/mol. The summed E-state index contributed by atoms with van der Waals surface area (Å²) in [6, 6.07) is 14.5. The fourth-order valence-corrected chi connectivity index (χ4v) is 4.50. The van der Waals surface area contributed by atoms with E-state index in [1.807, 2.05) is 18.2 Å². The quantitative estimate of drug-likeness (QED) is 0.431. The summed E-state index contributed by atoms with van der Waals surface area (Å²) in [5, 5.41) is 11.8. The van der Waals surface area contributed by atoms with Crippen molar-refractivity contribution >= 4 is 39.9 Å². The maximum absolute atomic E-state index is 6.28. The number of fused-ring (bicyclic) bond motifs is 3. The summed E-state index contributed by atoms with van der Waals surface area (Å²) in [5.74, 6) is 0.765. The maximum atomic E-state index is 6.28. The zero-order chi connectivity index (χ0) is 17.6. The second kappa shape index (κ2) is 6.36. The fourth-order valence-electron chi connectivity index (χ4n) is 3.27. The monoisotopic (exact) mass is 367 g/mol. The molecule has 0 amide bonds. The van der Waals surface area contributed by atoms with Crippen molar-refractivity contribution in [1.82, 2.24) is 14.6 Å². The fraction of sp³-hybridized carbons (Fsp3) is 0.200. The summed E-state index contributed by atoms with van der Waals surface area (Å²) < 4.78 is 2.17. The average molecular weight is 368 g/mol. The van der Waals surface area contributed by atoms with Crippen LogP contribution < -0.4 is 0 Å². The highest BCUT2D eigenvalue weighted by atomic mass is 35.5. The van der Waals surface area contributed by atoms with Gasteiger partial charge in [0.25, 0.3) is 0 Å². The number of aromatic nitrogens is 3. The molecule has 0 aliphatic carbocycles. The smallest absolute Gasteiger partial charge is 0.196 e. The number of hydrogen-bond donors (Lipinski definition) is 0. The Morgan fingerprint density at radius 2 is 1.80 bits per heavy atom. The van der Waals surface area contributed by atoms with Crippen molar-refractivity contribution in [3.05, 3.63) is 69.7 Å². The van der Waals surface area contributed by atoms with Crippen LogP contribution in [0.3, 0.4) is 0 Å². The number of pyridine rings is 1. The highest BCUT2D eigenvalue weighted by molar-refractivity contribution is 7.98. The molecule has 0 saturated heterocycles. The van der Waals surface area contributed by atoms with Gasteiger partial charge in [0.15, 0.2) is 10.8 Å².